The molecule has 0 unspecified atom stereocenters. The van der Waals surface area contributed by atoms with E-state index in [-0.39, 0.29) is 34.4 Å². The summed E-state index contributed by atoms with van der Waals surface area (Å²) < 4.78 is 34.2. The maximum absolute atomic E-state index is 13.5. The van der Waals surface area contributed by atoms with Crippen molar-refractivity contribution in [2.45, 2.75) is 67.1 Å². The first-order valence-corrected chi connectivity index (χ1v) is 14.6. The van der Waals surface area contributed by atoms with Gasteiger partial charge in [-0.1, -0.05) is 23.8 Å². The van der Waals surface area contributed by atoms with Gasteiger partial charge < -0.3 is 20.1 Å². The van der Waals surface area contributed by atoms with Crippen LogP contribution in [-0.2, 0) is 26.7 Å². The Hall–Kier alpha value is -3.08. The zero-order chi connectivity index (χ0) is 26.6. The van der Waals surface area contributed by atoms with E-state index < -0.39 is 38.8 Å². The number of phenols is 1. The molecule has 2 aromatic carbocycles. The summed E-state index contributed by atoms with van der Waals surface area (Å²) >= 11 is 0. The second-order valence-corrected chi connectivity index (χ2v) is 13.2. The number of benzene rings is 2. The van der Waals surface area contributed by atoms with Crippen LogP contribution < -0.4 is 9.46 Å². The summed E-state index contributed by atoms with van der Waals surface area (Å²) in [5.41, 5.74) is -0.246. The first-order chi connectivity index (χ1) is 18.0. The number of rotatable bonds is 5. The maximum Gasteiger partial charge on any atom is 0.264 e. The predicted octanol–water partition coefficient (Wildman–Crippen LogP) is 2.19. The van der Waals surface area contributed by atoms with Crippen molar-refractivity contribution in [2.24, 2.45) is 5.92 Å². The van der Waals surface area contributed by atoms with Crippen molar-refractivity contribution in [1.82, 2.24) is 9.62 Å². The number of nitrogens with one attached hydrogen (secondary N) is 1. The van der Waals surface area contributed by atoms with Crippen LogP contribution >= 0.6 is 0 Å². The summed E-state index contributed by atoms with van der Waals surface area (Å²) in [7, 11) is -4.22. The topological polar surface area (TPSA) is 136 Å². The Bertz CT molecular complexity index is 1510. The number of aliphatic hydroxyl groups is 2. The highest BCUT2D eigenvalue weighted by atomic mass is 32.2. The third-order valence-corrected chi connectivity index (χ3v) is 10.7. The van der Waals surface area contributed by atoms with Crippen molar-refractivity contribution in [3.05, 3.63) is 64.4 Å². The smallest absolute Gasteiger partial charge is 0.264 e. The van der Waals surface area contributed by atoms with Crippen molar-refractivity contribution in [3.8, 4) is 11.5 Å². The molecule has 38 heavy (non-hydrogen) atoms. The summed E-state index contributed by atoms with van der Waals surface area (Å²) in [6, 6.07) is 9.15. The monoisotopic (exact) mass is 538 g/mol. The van der Waals surface area contributed by atoms with Crippen molar-refractivity contribution < 1.29 is 33.3 Å². The molecule has 1 amide bonds. The molecule has 3 aliphatic carbocycles. The van der Waals surface area contributed by atoms with E-state index in [9.17, 15) is 28.5 Å². The molecule has 10 heteroatoms. The van der Waals surface area contributed by atoms with Gasteiger partial charge >= 0.3 is 0 Å². The van der Waals surface area contributed by atoms with Crippen LogP contribution in [0.4, 0.5) is 0 Å². The minimum atomic E-state index is -4.22. The third-order valence-electron chi connectivity index (χ3n) is 9.35. The highest BCUT2D eigenvalue weighted by Gasteiger charge is 2.73. The van der Waals surface area contributed by atoms with Gasteiger partial charge in [-0.25, -0.2) is 13.1 Å². The Balaban J connectivity index is 1.33. The zero-order valence-corrected chi connectivity index (χ0v) is 21.8. The van der Waals surface area contributed by atoms with Gasteiger partial charge in [-0.15, -0.1) is 0 Å². The largest absolute Gasteiger partial charge is 0.508 e. The van der Waals surface area contributed by atoms with Gasteiger partial charge in [0.25, 0.3) is 15.9 Å². The molecule has 2 bridgehead atoms. The van der Waals surface area contributed by atoms with Gasteiger partial charge in [0, 0.05) is 24.6 Å². The lowest BCUT2D eigenvalue weighted by Crippen LogP contribution is -2.75. The van der Waals surface area contributed by atoms with Crippen LogP contribution in [-0.4, -0.2) is 65.4 Å². The van der Waals surface area contributed by atoms with Crippen molar-refractivity contribution in [1.29, 1.82) is 0 Å². The summed E-state index contributed by atoms with van der Waals surface area (Å²) in [4.78, 5) is 15.7. The second kappa shape index (κ2) is 7.74. The number of carbonyl (C=O) groups excluding carboxylic acids is 1. The number of phenolic OH excluding ortho intramolecular Hbond substituents is 1. The first-order valence-electron chi connectivity index (χ1n) is 13.1. The number of hydrogen-bond donors (Lipinski definition) is 4. The molecule has 0 radical (unpaired) electrons. The van der Waals surface area contributed by atoms with Gasteiger partial charge in [0.05, 0.1) is 21.5 Å². The molecule has 4 N–H and O–H groups in total. The molecule has 1 saturated carbocycles. The van der Waals surface area contributed by atoms with Gasteiger partial charge in [0.2, 0.25) is 0 Å². The zero-order valence-electron chi connectivity index (χ0n) is 21.0. The quantitative estimate of drug-likeness (QED) is 0.455. The van der Waals surface area contributed by atoms with Gasteiger partial charge in [-0.05, 0) is 68.8 Å². The number of aryl methyl sites for hydroxylation is 1. The molecule has 2 heterocycles. The van der Waals surface area contributed by atoms with E-state index in [1.54, 1.807) is 18.2 Å². The van der Waals surface area contributed by atoms with Gasteiger partial charge in [-0.2, -0.15) is 0 Å². The number of sulfonamides is 1. The van der Waals surface area contributed by atoms with Crippen LogP contribution in [0.25, 0.3) is 0 Å². The molecular weight excluding hydrogens is 508 g/mol. The average Bonchev–Trinajstić information content (AvgIpc) is 3.61. The van der Waals surface area contributed by atoms with Crippen LogP contribution in [0.3, 0.4) is 0 Å². The molecule has 2 aliphatic heterocycles. The molecule has 2 aromatic rings. The number of ether oxygens (including phenoxy) is 1. The van der Waals surface area contributed by atoms with Gasteiger partial charge in [0.15, 0.2) is 17.6 Å². The Morgan fingerprint density at radius 3 is 2.61 bits per heavy atom. The predicted molar refractivity (Wildman–Crippen MR) is 136 cm³/mol. The minimum Gasteiger partial charge on any atom is -0.508 e. The number of aromatic hydroxyl groups is 1. The molecule has 7 rings (SSSR count). The number of aliphatic hydroxyl groups excluding tert-OH is 1. The van der Waals surface area contributed by atoms with Crippen molar-refractivity contribution in [3.63, 3.8) is 0 Å². The first kappa shape index (κ1) is 24.0. The van der Waals surface area contributed by atoms with Crippen molar-refractivity contribution >= 4 is 15.9 Å². The summed E-state index contributed by atoms with van der Waals surface area (Å²) in [5.74, 6) is -0.679. The Morgan fingerprint density at radius 1 is 1.16 bits per heavy atom. The van der Waals surface area contributed by atoms with Gasteiger partial charge in [-0.3, -0.25) is 9.69 Å². The second-order valence-electron chi connectivity index (χ2n) is 11.5. The number of carbonyl (C=O) groups is 1. The Morgan fingerprint density at radius 2 is 1.89 bits per heavy atom. The highest BCUT2D eigenvalue weighted by Crippen LogP contribution is 2.66. The summed E-state index contributed by atoms with van der Waals surface area (Å²) in [6.07, 6.45) is 1.94. The maximum atomic E-state index is 13.5. The molecular formula is C28H30N2O7S. The van der Waals surface area contributed by atoms with E-state index in [0.717, 1.165) is 30.5 Å². The highest BCUT2D eigenvalue weighted by molar-refractivity contribution is 7.90. The van der Waals surface area contributed by atoms with Gasteiger partial charge in [0.1, 0.15) is 5.76 Å². The molecule has 2 fully saturated rings. The fraction of sp³-hybridized carbons (Fsp3) is 0.464. The van der Waals surface area contributed by atoms with Crippen LogP contribution in [0.1, 0.15) is 42.4 Å². The number of hydrogen-bond acceptors (Lipinski definition) is 8. The molecule has 0 aromatic heterocycles. The summed E-state index contributed by atoms with van der Waals surface area (Å²) in [6.45, 7) is 3.36. The number of nitrogens with zero attached hydrogens (tertiary/aromatic N) is 1. The fourth-order valence-electron chi connectivity index (χ4n) is 7.33. The molecule has 1 saturated heterocycles. The van der Waals surface area contributed by atoms with E-state index in [1.165, 1.54) is 12.1 Å². The van der Waals surface area contributed by atoms with Crippen molar-refractivity contribution in [2.75, 3.05) is 13.1 Å². The Labute approximate surface area is 220 Å². The molecule has 1 spiro atoms. The summed E-state index contributed by atoms with van der Waals surface area (Å²) in [5, 5.41) is 34.7. The average molecular weight is 539 g/mol. The van der Waals surface area contributed by atoms with E-state index in [4.69, 9.17) is 4.74 Å². The molecule has 200 valence electrons. The third kappa shape index (κ3) is 3.11. The van der Waals surface area contributed by atoms with E-state index in [0.29, 0.717) is 30.9 Å². The van der Waals surface area contributed by atoms with Crippen LogP contribution in [0.15, 0.2) is 52.6 Å². The molecule has 4 atom stereocenters. The molecule has 9 nitrogen and oxygen atoms in total. The molecule has 5 aliphatic rings. The van der Waals surface area contributed by atoms with E-state index >= 15 is 0 Å². The SMILES string of the molecule is Cc1ccc(S(=O)(=O)NC(=O)C2=C(O)[C@@H]3Oc4c(O)ccc5c4[C@@]34CCN(CC3CC3)[C@H](C5)[C@]4(O)C2)cc1. The number of likely N-dealkylation sites (tertiary alicyclic amines) is 1. The lowest BCUT2D eigenvalue weighted by atomic mass is 9.49. The van der Waals surface area contributed by atoms with E-state index in [1.807, 2.05) is 13.0 Å². The minimum absolute atomic E-state index is 0.0771. The fourth-order valence-corrected chi connectivity index (χ4v) is 8.31. The van der Waals surface area contributed by atoms with E-state index in [2.05, 4.69) is 9.62 Å². The van der Waals surface area contributed by atoms with Crippen LogP contribution in [0.5, 0.6) is 11.5 Å². The standard InChI is InChI=1S/C28H30N2O7S/c1-15-2-7-18(8-3-15)38(35,36)29-26(33)19-13-28(34)21-12-17-6-9-20(31)24-22(17)27(28,25(37-24)23(19)32)10-11-30(21)14-16-4-5-16/h2-3,6-9,16,21,25,31-32,34H,4-5,10-14H2,1H3,(H,29,33)/t21-,25+,27+,28-/m1/s1. The lowest BCUT2D eigenvalue weighted by molar-refractivity contribution is -0.172. The van der Waals surface area contributed by atoms with Crippen LogP contribution in [0, 0.1) is 12.8 Å². The normalized spacial score (nSPS) is 31.5. The Kier molecular flexibility index (Phi) is 4.89. The number of piperidine rings is 1. The number of amides is 1. The van der Waals surface area contributed by atoms with Crippen LogP contribution in [0.2, 0.25) is 0 Å². The lowest BCUT2D eigenvalue weighted by Gasteiger charge is -2.62.